The van der Waals surface area contributed by atoms with Gasteiger partial charge in [0.15, 0.2) is 0 Å². The summed E-state index contributed by atoms with van der Waals surface area (Å²) in [5.41, 5.74) is 2.78. The summed E-state index contributed by atoms with van der Waals surface area (Å²) in [4.78, 5) is 36.9. The van der Waals surface area contributed by atoms with Gasteiger partial charge in [0.1, 0.15) is 0 Å². The Morgan fingerprint density at radius 2 is 1.83 bits per heavy atom. The van der Waals surface area contributed by atoms with Gasteiger partial charge in [-0.25, -0.2) is 0 Å². The van der Waals surface area contributed by atoms with Gasteiger partial charge in [-0.15, -0.1) is 0 Å². The van der Waals surface area contributed by atoms with Crippen LogP contribution in [0.5, 0.6) is 0 Å². The minimum atomic E-state index is 0.0355. The number of aromatic amines is 1. The number of amides is 2. The maximum Gasteiger partial charge on any atom is 0.255 e. The average Bonchev–Trinajstić information content (AvgIpc) is 3.48. The topological polar surface area (TPSA) is 69.3 Å². The van der Waals surface area contributed by atoms with E-state index >= 15 is 0 Å². The monoisotopic (exact) mass is 388 g/mol. The molecule has 6 heteroatoms. The van der Waals surface area contributed by atoms with Crippen LogP contribution in [-0.2, 0) is 11.2 Å². The SMILES string of the molecule is O=C(Cc1c[nH]c2ccccc12)N1CCC2(CCN(C(=O)c3cccnc3)C2)C1. The van der Waals surface area contributed by atoms with Crippen LogP contribution >= 0.6 is 0 Å². The third kappa shape index (κ3) is 3.28. The molecule has 4 heterocycles. The fraction of sp³-hybridized carbons (Fsp3) is 0.348. The van der Waals surface area contributed by atoms with Crippen LogP contribution in [0.2, 0.25) is 0 Å². The van der Waals surface area contributed by atoms with Crippen molar-refractivity contribution in [1.29, 1.82) is 0 Å². The third-order valence-electron chi connectivity index (χ3n) is 6.44. The molecule has 2 aliphatic rings. The lowest BCUT2D eigenvalue weighted by Gasteiger charge is -2.24. The highest BCUT2D eigenvalue weighted by Crippen LogP contribution is 2.40. The van der Waals surface area contributed by atoms with Crippen molar-refractivity contribution >= 4 is 22.7 Å². The normalized spacial score (nSPS) is 21.4. The largest absolute Gasteiger partial charge is 0.361 e. The smallest absolute Gasteiger partial charge is 0.255 e. The molecular formula is C23H24N4O2. The van der Waals surface area contributed by atoms with Gasteiger partial charge in [-0.05, 0) is 36.6 Å². The number of carbonyl (C=O) groups is 2. The zero-order valence-electron chi connectivity index (χ0n) is 16.3. The summed E-state index contributed by atoms with van der Waals surface area (Å²) in [5.74, 6) is 0.210. The minimum Gasteiger partial charge on any atom is -0.361 e. The van der Waals surface area contributed by atoms with Crippen LogP contribution in [0, 0.1) is 5.41 Å². The van der Waals surface area contributed by atoms with Gasteiger partial charge in [0, 0.05) is 61.1 Å². The molecule has 148 valence electrons. The number of nitrogens with one attached hydrogen (secondary N) is 1. The van der Waals surface area contributed by atoms with Gasteiger partial charge in [-0.3, -0.25) is 14.6 Å². The van der Waals surface area contributed by atoms with Crippen LogP contribution in [0.25, 0.3) is 10.9 Å². The van der Waals surface area contributed by atoms with Crippen LogP contribution in [0.4, 0.5) is 0 Å². The minimum absolute atomic E-state index is 0.0355. The van der Waals surface area contributed by atoms with Crippen LogP contribution in [0.1, 0.15) is 28.8 Å². The number of nitrogens with zero attached hydrogens (tertiary/aromatic N) is 3. The number of hydrogen-bond acceptors (Lipinski definition) is 3. The molecule has 1 unspecified atom stereocenters. The molecule has 1 spiro atoms. The van der Waals surface area contributed by atoms with E-state index < -0.39 is 0 Å². The molecule has 1 N–H and O–H groups in total. The van der Waals surface area contributed by atoms with E-state index in [-0.39, 0.29) is 17.2 Å². The van der Waals surface area contributed by atoms with Crippen molar-refractivity contribution in [3.63, 3.8) is 0 Å². The van der Waals surface area contributed by atoms with Gasteiger partial charge in [0.25, 0.3) is 5.91 Å². The van der Waals surface area contributed by atoms with E-state index in [0.29, 0.717) is 12.0 Å². The summed E-state index contributed by atoms with van der Waals surface area (Å²) < 4.78 is 0. The summed E-state index contributed by atoms with van der Waals surface area (Å²) in [5, 5.41) is 1.11. The molecule has 0 radical (unpaired) electrons. The van der Waals surface area contributed by atoms with Crippen LogP contribution < -0.4 is 0 Å². The van der Waals surface area contributed by atoms with E-state index in [2.05, 4.69) is 16.0 Å². The molecule has 3 aromatic rings. The van der Waals surface area contributed by atoms with Gasteiger partial charge in [-0.2, -0.15) is 0 Å². The first kappa shape index (κ1) is 17.9. The van der Waals surface area contributed by atoms with E-state index in [1.807, 2.05) is 40.3 Å². The number of benzene rings is 1. The van der Waals surface area contributed by atoms with E-state index in [1.54, 1.807) is 18.5 Å². The third-order valence-corrected chi connectivity index (χ3v) is 6.44. The second-order valence-corrected chi connectivity index (χ2v) is 8.32. The number of likely N-dealkylation sites (tertiary alicyclic amines) is 2. The second-order valence-electron chi connectivity index (χ2n) is 8.32. The zero-order chi connectivity index (χ0) is 19.8. The molecular weight excluding hydrogens is 364 g/mol. The number of carbonyl (C=O) groups excluding carboxylic acids is 2. The van der Waals surface area contributed by atoms with Crippen LogP contribution in [-0.4, -0.2) is 57.8 Å². The van der Waals surface area contributed by atoms with Crippen molar-refractivity contribution < 1.29 is 9.59 Å². The fourth-order valence-electron chi connectivity index (χ4n) is 4.81. The molecule has 1 atom stereocenters. The maximum atomic E-state index is 13.0. The molecule has 2 saturated heterocycles. The van der Waals surface area contributed by atoms with Crippen molar-refractivity contribution in [3.05, 3.63) is 66.1 Å². The number of hydrogen-bond donors (Lipinski definition) is 1. The summed E-state index contributed by atoms with van der Waals surface area (Å²) >= 11 is 0. The first-order valence-electron chi connectivity index (χ1n) is 10.2. The van der Waals surface area contributed by atoms with Gasteiger partial charge in [0.05, 0.1) is 12.0 Å². The quantitative estimate of drug-likeness (QED) is 0.750. The van der Waals surface area contributed by atoms with E-state index in [1.165, 1.54) is 0 Å². The van der Waals surface area contributed by atoms with Crippen molar-refractivity contribution in [2.24, 2.45) is 5.41 Å². The average molecular weight is 388 g/mol. The molecule has 0 bridgehead atoms. The van der Waals surface area contributed by atoms with E-state index in [0.717, 1.165) is 55.5 Å². The fourth-order valence-corrected chi connectivity index (χ4v) is 4.81. The van der Waals surface area contributed by atoms with Crippen LogP contribution in [0.3, 0.4) is 0 Å². The Morgan fingerprint density at radius 3 is 2.66 bits per heavy atom. The van der Waals surface area contributed by atoms with Gasteiger partial charge >= 0.3 is 0 Å². The first-order chi connectivity index (χ1) is 14.1. The molecule has 0 saturated carbocycles. The molecule has 2 amide bonds. The highest BCUT2D eigenvalue weighted by Gasteiger charge is 2.45. The molecule has 0 aliphatic carbocycles. The first-order valence-corrected chi connectivity index (χ1v) is 10.2. The van der Waals surface area contributed by atoms with Crippen molar-refractivity contribution in [3.8, 4) is 0 Å². The molecule has 2 aliphatic heterocycles. The lowest BCUT2D eigenvalue weighted by Crippen LogP contribution is -2.36. The Labute approximate surface area is 169 Å². The number of pyridine rings is 1. The van der Waals surface area contributed by atoms with E-state index in [9.17, 15) is 9.59 Å². The Bertz CT molecular complexity index is 1060. The molecule has 6 nitrogen and oxygen atoms in total. The molecule has 2 fully saturated rings. The molecule has 2 aromatic heterocycles. The summed E-state index contributed by atoms with van der Waals surface area (Å²) in [6.07, 6.45) is 7.57. The molecule has 29 heavy (non-hydrogen) atoms. The summed E-state index contributed by atoms with van der Waals surface area (Å²) in [6, 6.07) is 11.7. The van der Waals surface area contributed by atoms with Gasteiger partial charge in [-0.1, -0.05) is 18.2 Å². The molecule has 1 aromatic carbocycles. The molecule has 5 rings (SSSR count). The standard InChI is InChI=1S/C23H24N4O2/c28-21(12-18-14-25-20-6-2-1-5-19(18)20)26-10-7-23(15-26)8-11-27(16-23)22(29)17-4-3-9-24-13-17/h1-6,9,13-14,25H,7-8,10-12,15-16H2. The van der Waals surface area contributed by atoms with Gasteiger partial charge in [0.2, 0.25) is 5.91 Å². The Hall–Kier alpha value is -3.15. The van der Waals surface area contributed by atoms with Crippen molar-refractivity contribution in [1.82, 2.24) is 19.8 Å². The number of para-hydroxylation sites is 1. The van der Waals surface area contributed by atoms with Gasteiger partial charge < -0.3 is 14.8 Å². The Balaban J connectivity index is 1.24. The second kappa shape index (κ2) is 7.03. The lowest BCUT2D eigenvalue weighted by molar-refractivity contribution is -0.129. The predicted molar refractivity (Wildman–Crippen MR) is 110 cm³/mol. The highest BCUT2D eigenvalue weighted by molar-refractivity contribution is 5.94. The number of H-pyrrole nitrogens is 1. The summed E-state index contributed by atoms with van der Waals surface area (Å²) in [6.45, 7) is 2.98. The number of aromatic nitrogens is 2. The van der Waals surface area contributed by atoms with Crippen molar-refractivity contribution in [2.75, 3.05) is 26.2 Å². The lowest BCUT2D eigenvalue weighted by atomic mass is 9.86. The van der Waals surface area contributed by atoms with Crippen molar-refractivity contribution in [2.45, 2.75) is 19.3 Å². The zero-order valence-corrected chi connectivity index (χ0v) is 16.3. The van der Waals surface area contributed by atoms with Crippen LogP contribution in [0.15, 0.2) is 55.0 Å². The summed E-state index contributed by atoms with van der Waals surface area (Å²) in [7, 11) is 0. The number of fused-ring (bicyclic) bond motifs is 1. The Kier molecular flexibility index (Phi) is 4.34. The highest BCUT2D eigenvalue weighted by atomic mass is 16.2. The van der Waals surface area contributed by atoms with E-state index in [4.69, 9.17) is 0 Å². The predicted octanol–water partition coefficient (Wildman–Crippen LogP) is 2.87. The maximum absolute atomic E-state index is 13.0. The Morgan fingerprint density at radius 1 is 1.03 bits per heavy atom. The number of rotatable bonds is 3.